The molecule has 0 saturated carbocycles. The lowest BCUT2D eigenvalue weighted by Crippen LogP contribution is -2.43. The van der Waals surface area contributed by atoms with Crippen molar-refractivity contribution in [2.24, 2.45) is 0 Å². The maximum atomic E-state index is 12.6. The number of carbonyl (C=O) groups excluding carboxylic acids is 2. The molecule has 7 heteroatoms. The molecule has 1 aliphatic heterocycles. The number of aliphatic hydroxyl groups is 1. The minimum absolute atomic E-state index is 0.0282. The average molecular weight is 314 g/mol. The Kier molecular flexibility index (Phi) is 4.12. The number of aromatic amines is 1. The fraction of sp³-hybridized carbons (Fsp3) is 0.312. The maximum Gasteiger partial charge on any atom is 0.255 e. The Morgan fingerprint density at radius 2 is 2.17 bits per heavy atom. The normalized spacial score (nSPS) is 22.2. The highest BCUT2D eigenvalue weighted by molar-refractivity contribution is 6.02. The third-order valence-corrected chi connectivity index (χ3v) is 3.97. The summed E-state index contributed by atoms with van der Waals surface area (Å²) in [7, 11) is 0. The van der Waals surface area contributed by atoms with Gasteiger partial charge >= 0.3 is 0 Å². The fourth-order valence-corrected chi connectivity index (χ4v) is 2.83. The van der Waals surface area contributed by atoms with Crippen molar-refractivity contribution < 1.29 is 14.7 Å². The van der Waals surface area contributed by atoms with Crippen molar-refractivity contribution in [3.63, 3.8) is 0 Å². The fourth-order valence-electron chi connectivity index (χ4n) is 2.83. The number of rotatable bonds is 4. The monoisotopic (exact) mass is 314 g/mol. The second kappa shape index (κ2) is 6.21. The first-order valence-corrected chi connectivity index (χ1v) is 7.42. The van der Waals surface area contributed by atoms with Crippen molar-refractivity contribution >= 4 is 17.5 Å². The molecule has 23 heavy (non-hydrogen) atoms. The van der Waals surface area contributed by atoms with E-state index in [4.69, 9.17) is 0 Å². The Morgan fingerprint density at radius 1 is 1.43 bits per heavy atom. The Bertz CT molecular complexity index is 687. The van der Waals surface area contributed by atoms with Gasteiger partial charge in [0, 0.05) is 11.7 Å². The first kappa shape index (κ1) is 15.2. The lowest BCUT2D eigenvalue weighted by Gasteiger charge is -2.21. The molecule has 1 saturated heterocycles. The summed E-state index contributed by atoms with van der Waals surface area (Å²) in [4.78, 5) is 32.8. The molecule has 0 radical (unpaired) electrons. The molecule has 0 bridgehead atoms. The van der Waals surface area contributed by atoms with Gasteiger partial charge in [-0.15, -0.1) is 0 Å². The van der Waals surface area contributed by atoms with Crippen LogP contribution in [0.1, 0.15) is 25.1 Å². The van der Waals surface area contributed by atoms with Crippen molar-refractivity contribution in [3.05, 3.63) is 48.5 Å². The molecule has 1 aliphatic rings. The maximum absolute atomic E-state index is 12.6. The number of nitrogens with zero attached hydrogens (tertiary/aromatic N) is 2. The van der Waals surface area contributed by atoms with E-state index in [1.807, 2.05) is 37.3 Å². The number of benzene rings is 1. The molecule has 1 fully saturated rings. The number of amides is 2. The second-order valence-corrected chi connectivity index (χ2v) is 5.60. The highest BCUT2D eigenvalue weighted by Gasteiger charge is 2.39. The van der Waals surface area contributed by atoms with Crippen LogP contribution in [0.5, 0.6) is 0 Å². The summed E-state index contributed by atoms with van der Waals surface area (Å²) in [5.74, 6) is -0.788. The summed E-state index contributed by atoms with van der Waals surface area (Å²) in [6.07, 6.45) is 1.88. The summed E-state index contributed by atoms with van der Waals surface area (Å²) >= 11 is 0. The van der Waals surface area contributed by atoms with Crippen LogP contribution < -0.4 is 10.2 Å². The first-order chi connectivity index (χ1) is 11.1. The van der Waals surface area contributed by atoms with Gasteiger partial charge in [0.2, 0.25) is 5.91 Å². The van der Waals surface area contributed by atoms with Gasteiger partial charge in [0.1, 0.15) is 6.04 Å². The third-order valence-electron chi connectivity index (χ3n) is 3.97. The Labute approximate surface area is 133 Å². The van der Waals surface area contributed by atoms with E-state index >= 15 is 0 Å². The number of anilines is 1. The molecule has 3 rings (SSSR count). The molecule has 3 unspecified atom stereocenters. The van der Waals surface area contributed by atoms with E-state index in [-0.39, 0.29) is 11.9 Å². The van der Waals surface area contributed by atoms with E-state index in [9.17, 15) is 14.7 Å². The predicted molar refractivity (Wildman–Crippen MR) is 83.5 cm³/mol. The standard InChI is InChI=1S/C16H18N4O3/c1-10-7-12(16(23)20(10)11-5-3-2-4-6-11)19-15(22)14(21)13-8-17-9-18-13/h2-6,8-10,12,14,21H,7H2,1H3,(H,17,18)(H,19,22). The van der Waals surface area contributed by atoms with Gasteiger partial charge < -0.3 is 20.3 Å². The number of carbonyl (C=O) groups is 2. The smallest absolute Gasteiger partial charge is 0.255 e. The molecule has 3 N–H and O–H groups in total. The molecule has 2 amide bonds. The molecule has 120 valence electrons. The van der Waals surface area contributed by atoms with E-state index in [2.05, 4.69) is 15.3 Å². The largest absolute Gasteiger partial charge is 0.377 e. The Balaban J connectivity index is 1.70. The highest BCUT2D eigenvalue weighted by Crippen LogP contribution is 2.26. The van der Waals surface area contributed by atoms with Gasteiger partial charge in [0.05, 0.1) is 18.2 Å². The molecule has 7 nitrogen and oxygen atoms in total. The van der Waals surface area contributed by atoms with Crippen molar-refractivity contribution in [1.29, 1.82) is 0 Å². The van der Waals surface area contributed by atoms with Crippen LogP contribution in [0, 0.1) is 0 Å². The van der Waals surface area contributed by atoms with Crippen LogP contribution in [0.2, 0.25) is 0 Å². The van der Waals surface area contributed by atoms with Crippen molar-refractivity contribution in [2.45, 2.75) is 31.5 Å². The number of imidazole rings is 1. The van der Waals surface area contributed by atoms with Crippen molar-refractivity contribution in [1.82, 2.24) is 15.3 Å². The molecule has 1 aromatic carbocycles. The summed E-state index contributed by atoms with van der Waals surface area (Å²) in [6, 6.07) is 8.66. The van der Waals surface area contributed by atoms with Crippen LogP contribution in [0.15, 0.2) is 42.9 Å². The molecule has 2 aromatic rings. The summed E-state index contributed by atoms with van der Waals surface area (Å²) in [5.41, 5.74) is 1.09. The van der Waals surface area contributed by atoms with Crippen molar-refractivity contribution in [3.8, 4) is 0 Å². The van der Waals surface area contributed by atoms with Gasteiger partial charge in [0.15, 0.2) is 6.10 Å². The van der Waals surface area contributed by atoms with Gasteiger partial charge in [-0.2, -0.15) is 0 Å². The molecule has 3 atom stereocenters. The number of H-pyrrole nitrogens is 1. The zero-order valence-electron chi connectivity index (χ0n) is 12.6. The third kappa shape index (κ3) is 2.95. The summed E-state index contributed by atoms with van der Waals surface area (Å²) in [5, 5.41) is 12.6. The van der Waals surface area contributed by atoms with Gasteiger partial charge in [-0.3, -0.25) is 9.59 Å². The minimum atomic E-state index is -1.37. The van der Waals surface area contributed by atoms with Gasteiger partial charge in [-0.05, 0) is 25.5 Å². The lowest BCUT2D eigenvalue weighted by atomic mass is 10.1. The Morgan fingerprint density at radius 3 is 2.83 bits per heavy atom. The van der Waals surface area contributed by atoms with Crippen LogP contribution in [-0.4, -0.2) is 39.0 Å². The first-order valence-electron chi connectivity index (χ1n) is 7.42. The zero-order chi connectivity index (χ0) is 16.4. The number of hydrogen-bond acceptors (Lipinski definition) is 4. The van der Waals surface area contributed by atoms with Gasteiger partial charge in [0.25, 0.3) is 5.91 Å². The zero-order valence-corrected chi connectivity index (χ0v) is 12.6. The summed E-state index contributed by atoms with van der Waals surface area (Å²) < 4.78 is 0. The Hall–Kier alpha value is -2.67. The predicted octanol–water partition coefficient (Wildman–Crippen LogP) is 0.753. The van der Waals surface area contributed by atoms with Crippen LogP contribution in [0.4, 0.5) is 5.69 Å². The van der Waals surface area contributed by atoms with Crippen LogP contribution in [0.25, 0.3) is 0 Å². The van der Waals surface area contributed by atoms with Crippen LogP contribution >= 0.6 is 0 Å². The van der Waals surface area contributed by atoms with E-state index in [0.717, 1.165) is 5.69 Å². The molecular formula is C16H18N4O3. The van der Waals surface area contributed by atoms with E-state index in [0.29, 0.717) is 12.1 Å². The number of aromatic nitrogens is 2. The lowest BCUT2D eigenvalue weighted by molar-refractivity contribution is -0.133. The van der Waals surface area contributed by atoms with Gasteiger partial charge in [-0.1, -0.05) is 18.2 Å². The molecular weight excluding hydrogens is 296 g/mol. The number of hydrogen-bond donors (Lipinski definition) is 3. The quantitative estimate of drug-likeness (QED) is 0.775. The molecule has 0 spiro atoms. The molecule has 2 heterocycles. The average Bonchev–Trinajstić information content (AvgIpc) is 3.17. The van der Waals surface area contributed by atoms with Crippen LogP contribution in [0.3, 0.4) is 0 Å². The number of para-hydroxylation sites is 1. The SMILES string of the molecule is CC1CC(NC(=O)C(O)c2cnc[nH]2)C(=O)N1c1ccccc1. The van der Waals surface area contributed by atoms with E-state index in [1.54, 1.807) is 4.90 Å². The van der Waals surface area contributed by atoms with Gasteiger partial charge in [-0.25, -0.2) is 4.98 Å². The highest BCUT2D eigenvalue weighted by atomic mass is 16.3. The van der Waals surface area contributed by atoms with Crippen molar-refractivity contribution in [2.75, 3.05) is 4.90 Å². The summed E-state index contributed by atoms with van der Waals surface area (Å²) in [6.45, 7) is 1.93. The topological polar surface area (TPSA) is 98.3 Å². The van der Waals surface area contributed by atoms with E-state index in [1.165, 1.54) is 12.5 Å². The number of nitrogens with one attached hydrogen (secondary N) is 2. The molecule has 0 aliphatic carbocycles. The molecule has 1 aromatic heterocycles. The number of aliphatic hydroxyl groups excluding tert-OH is 1. The van der Waals surface area contributed by atoms with E-state index < -0.39 is 18.1 Å². The minimum Gasteiger partial charge on any atom is -0.377 e. The second-order valence-electron chi connectivity index (χ2n) is 5.60. The van der Waals surface area contributed by atoms with Crippen LogP contribution in [-0.2, 0) is 9.59 Å².